The summed E-state index contributed by atoms with van der Waals surface area (Å²) in [6, 6.07) is 0. The second-order valence-electron chi connectivity index (χ2n) is 13.9. The van der Waals surface area contributed by atoms with Crippen molar-refractivity contribution in [3.63, 3.8) is 0 Å². The first kappa shape index (κ1) is 24.3. The van der Waals surface area contributed by atoms with Gasteiger partial charge in [-0.05, 0) is 96.0 Å². The standard InChI is InChI=1S/C31H50O/c1-20(2)21(3)11-12-22(4)27-25(32)19-31(9)24-13-14-26-28(5,6)16-10-17-29(26,7)23(24)15-18-30(27,31)8/h13,15,20,22,25-27,32H,3,10-12,14,16-19H2,1-2,4-9H3/t22?,25-,26+,27?,29-,30?,31+/m1/s1. The van der Waals surface area contributed by atoms with Crippen LogP contribution >= 0.6 is 0 Å². The summed E-state index contributed by atoms with van der Waals surface area (Å²) in [5.74, 6) is 2.18. The first-order valence-electron chi connectivity index (χ1n) is 13.6. The van der Waals surface area contributed by atoms with Gasteiger partial charge in [-0.1, -0.05) is 86.1 Å². The van der Waals surface area contributed by atoms with Crippen molar-refractivity contribution < 1.29 is 5.11 Å². The minimum Gasteiger partial charge on any atom is -0.393 e. The van der Waals surface area contributed by atoms with Gasteiger partial charge in [-0.15, -0.1) is 0 Å². The molecule has 0 amide bonds. The van der Waals surface area contributed by atoms with Gasteiger partial charge in [0.25, 0.3) is 0 Å². The minimum absolute atomic E-state index is 0.0834. The average Bonchev–Trinajstić information content (AvgIpc) is 2.90. The Morgan fingerprint density at radius 1 is 1.06 bits per heavy atom. The first-order chi connectivity index (χ1) is 14.8. The van der Waals surface area contributed by atoms with E-state index in [2.05, 4.69) is 74.1 Å². The predicted molar refractivity (Wildman–Crippen MR) is 137 cm³/mol. The van der Waals surface area contributed by atoms with E-state index in [0.29, 0.717) is 28.6 Å². The van der Waals surface area contributed by atoms with Crippen LogP contribution < -0.4 is 0 Å². The lowest BCUT2D eigenvalue weighted by atomic mass is 9.44. The Morgan fingerprint density at radius 3 is 2.41 bits per heavy atom. The summed E-state index contributed by atoms with van der Waals surface area (Å²) in [4.78, 5) is 0. The smallest absolute Gasteiger partial charge is 0.0585 e. The van der Waals surface area contributed by atoms with Crippen molar-refractivity contribution in [2.75, 3.05) is 0 Å². The highest BCUT2D eigenvalue weighted by molar-refractivity contribution is 5.50. The molecule has 0 aliphatic heterocycles. The van der Waals surface area contributed by atoms with Crippen LogP contribution in [0.3, 0.4) is 0 Å². The van der Waals surface area contributed by atoms with Crippen molar-refractivity contribution >= 4 is 0 Å². The van der Waals surface area contributed by atoms with Crippen molar-refractivity contribution in [3.05, 3.63) is 35.5 Å². The van der Waals surface area contributed by atoms with Crippen molar-refractivity contribution in [1.82, 2.24) is 0 Å². The zero-order valence-corrected chi connectivity index (χ0v) is 22.4. The van der Waals surface area contributed by atoms with Gasteiger partial charge >= 0.3 is 0 Å². The lowest BCUT2D eigenvalue weighted by Crippen LogP contribution is -2.50. The van der Waals surface area contributed by atoms with Gasteiger partial charge in [-0.25, -0.2) is 0 Å². The van der Waals surface area contributed by atoms with E-state index in [9.17, 15) is 5.11 Å². The second-order valence-corrected chi connectivity index (χ2v) is 13.9. The SMILES string of the molecule is C=C(CCC(C)C1[C@H](O)C[C@@]2(C)C3=CC[C@H]4C(C)(C)CCC[C@]4(C)C3=CCC12C)C(C)C. The molecule has 0 aromatic heterocycles. The number of allylic oxidation sites excluding steroid dienone is 5. The van der Waals surface area contributed by atoms with Gasteiger partial charge in [-0.2, -0.15) is 0 Å². The summed E-state index contributed by atoms with van der Waals surface area (Å²) in [5, 5.41) is 11.5. The van der Waals surface area contributed by atoms with Gasteiger partial charge in [0.2, 0.25) is 0 Å². The van der Waals surface area contributed by atoms with E-state index in [1.807, 2.05) is 0 Å². The molecule has 0 radical (unpaired) electrons. The van der Waals surface area contributed by atoms with Crippen LogP contribution in [0.5, 0.6) is 0 Å². The fraction of sp³-hybridized carbons (Fsp3) is 0.806. The van der Waals surface area contributed by atoms with Gasteiger partial charge in [-0.3, -0.25) is 0 Å². The number of hydrogen-bond donors (Lipinski definition) is 1. The number of hydrogen-bond acceptors (Lipinski definition) is 1. The normalized spacial score (nSPS) is 43.6. The molecule has 0 aromatic rings. The quantitative estimate of drug-likeness (QED) is 0.426. The maximum Gasteiger partial charge on any atom is 0.0585 e. The molecule has 4 rings (SSSR count). The Kier molecular flexibility index (Phi) is 5.97. The zero-order chi connectivity index (χ0) is 23.7. The van der Waals surface area contributed by atoms with Crippen LogP contribution in [0.25, 0.3) is 0 Å². The van der Waals surface area contributed by atoms with Gasteiger partial charge in [0.05, 0.1) is 6.10 Å². The summed E-state index contributed by atoms with van der Waals surface area (Å²) in [5.41, 5.74) is 5.58. The largest absolute Gasteiger partial charge is 0.393 e. The van der Waals surface area contributed by atoms with E-state index >= 15 is 0 Å². The number of aliphatic hydroxyl groups excluding tert-OH is 1. The molecular formula is C31H50O. The highest BCUT2D eigenvalue weighted by Crippen LogP contribution is 2.71. The molecule has 4 aliphatic carbocycles. The Morgan fingerprint density at radius 2 is 1.75 bits per heavy atom. The highest BCUT2D eigenvalue weighted by atomic mass is 16.3. The van der Waals surface area contributed by atoms with Gasteiger partial charge in [0.1, 0.15) is 0 Å². The molecule has 1 nitrogen and oxygen atoms in total. The third kappa shape index (κ3) is 3.35. The van der Waals surface area contributed by atoms with E-state index in [4.69, 9.17) is 0 Å². The second kappa shape index (κ2) is 7.86. The number of rotatable bonds is 5. The molecule has 7 atom stereocenters. The topological polar surface area (TPSA) is 20.2 Å². The Bertz CT molecular complexity index is 827. The number of fused-ring (bicyclic) bond motifs is 5. The fourth-order valence-electron chi connectivity index (χ4n) is 9.09. The monoisotopic (exact) mass is 438 g/mol. The number of aliphatic hydroxyl groups is 1. The first-order valence-corrected chi connectivity index (χ1v) is 13.6. The van der Waals surface area contributed by atoms with E-state index < -0.39 is 0 Å². The third-order valence-electron chi connectivity index (χ3n) is 11.4. The van der Waals surface area contributed by atoms with Crippen molar-refractivity contribution in [3.8, 4) is 0 Å². The fourth-order valence-corrected chi connectivity index (χ4v) is 9.09. The van der Waals surface area contributed by atoms with Gasteiger partial charge in [0.15, 0.2) is 0 Å². The molecule has 0 bridgehead atoms. The Balaban J connectivity index is 1.67. The lowest BCUT2D eigenvalue weighted by molar-refractivity contribution is 0.000750. The maximum absolute atomic E-state index is 11.5. The van der Waals surface area contributed by atoms with Crippen molar-refractivity contribution in [2.24, 2.45) is 45.3 Å². The van der Waals surface area contributed by atoms with Crippen molar-refractivity contribution in [2.45, 2.75) is 113 Å². The molecule has 4 aliphatic rings. The van der Waals surface area contributed by atoms with E-state index in [0.717, 1.165) is 31.6 Å². The molecule has 0 spiro atoms. The van der Waals surface area contributed by atoms with Crippen LogP contribution in [0.4, 0.5) is 0 Å². The van der Waals surface area contributed by atoms with E-state index in [1.54, 1.807) is 11.1 Å². The van der Waals surface area contributed by atoms with Crippen LogP contribution in [-0.4, -0.2) is 11.2 Å². The summed E-state index contributed by atoms with van der Waals surface area (Å²) in [6.07, 6.45) is 14.6. The molecule has 1 N–H and O–H groups in total. The molecule has 2 fully saturated rings. The van der Waals surface area contributed by atoms with Gasteiger partial charge in [0, 0.05) is 5.41 Å². The maximum atomic E-state index is 11.5. The minimum atomic E-state index is -0.200. The molecule has 2 saturated carbocycles. The summed E-state index contributed by atoms with van der Waals surface area (Å²) in [6.45, 7) is 23.8. The van der Waals surface area contributed by atoms with Crippen LogP contribution in [0.1, 0.15) is 107 Å². The summed E-state index contributed by atoms with van der Waals surface area (Å²) < 4.78 is 0. The highest BCUT2D eigenvalue weighted by Gasteiger charge is 2.64. The third-order valence-corrected chi connectivity index (χ3v) is 11.4. The molecule has 1 heteroatoms. The van der Waals surface area contributed by atoms with Crippen molar-refractivity contribution in [1.29, 1.82) is 0 Å². The van der Waals surface area contributed by atoms with Crippen LogP contribution in [0.15, 0.2) is 35.5 Å². The Labute approximate surface area is 198 Å². The molecule has 32 heavy (non-hydrogen) atoms. The van der Waals surface area contributed by atoms with Crippen LogP contribution in [0, 0.1) is 45.3 Å². The van der Waals surface area contributed by atoms with Gasteiger partial charge < -0.3 is 5.11 Å². The summed E-state index contributed by atoms with van der Waals surface area (Å²) >= 11 is 0. The molecule has 0 heterocycles. The van der Waals surface area contributed by atoms with Crippen LogP contribution in [0.2, 0.25) is 0 Å². The molecule has 180 valence electrons. The zero-order valence-electron chi connectivity index (χ0n) is 22.4. The van der Waals surface area contributed by atoms with Crippen LogP contribution in [-0.2, 0) is 0 Å². The summed E-state index contributed by atoms with van der Waals surface area (Å²) in [7, 11) is 0. The lowest BCUT2D eigenvalue weighted by Gasteiger charge is -2.60. The molecule has 3 unspecified atom stereocenters. The van der Waals surface area contributed by atoms with E-state index in [1.165, 1.54) is 31.3 Å². The molecular weight excluding hydrogens is 388 g/mol. The predicted octanol–water partition coefficient (Wildman–Crippen LogP) is 8.50. The van der Waals surface area contributed by atoms with E-state index in [-0.39, 0.29) is 16.9 Å². The molecule has 0 saturated heterocycles. The molecule has 0 aromatic carbocycles. The Hall–Kier alpha value is -0.820. The average molecular weight is 439 g/mol.